The molecule has 1 aliphatic heterocycles. The lowest BCUT2D eigenvalue weighted by molar-refractivity contribution is 0.260. The fourth-order valence-corrected chi connectivity index (χ4v) is 2.86. The van der Waals surface area contributed by atoms with Gasteiger partial charge in [0.2, 0.25) is 5.95 Å². The summed E-state index contributed by atoms with van der Waals surface area (Å²) in [6.45, 7) is 9.21. The van der Waals surface area contributed by atoms with Gasteiger partial charge in [-0.05, 0) is 25.1 Å². The summed E-state index contributed by atoms with van der Waals surface area (Å²) in [7, 11) is 0. The highest BCUT2D eigenvalue weighted by atomic mass is 16.3. The van der Waals surface area contributed by atoms with E-state index < -0.39 is 0 Å². The highest BCUT2D eigenvalue weighted by Gasteiger charge is 2.18. The van der Waals surface area contributed by atoms with Crippen LogP contribution in [0.3, 0.4) is 0 Å². The van der Waals surface area contributed by atoms with Gasteiger partial charge >= 0.3 is 0 Å². The van der Waals surface area contributed by atoms with Gasteiger partial charge in [0.05, 0.1) is 6.26 Å². The summed E-state index contributed by atoms with van der Waals surface area (Å²) in [4.78, 5) is 17.9. The summed E-state index contributed by atoms with van der Waals surface area (Å²) >= 11 is 0. The molecule has 2 aromatic heterocycles. The zero-order valence-corrected chi connectivity index (χ0v) is 15.3. The standard InChI is InChI=1S/C18H27N7O/c1-2-19-17(23-15-16-5-3-14-26-16)20-8-9-24-10-12-25(13-11-24)18-21-6-4-7-22-18/h3-7,14H,2,8-13,15H2,1H3,(H2,19,20,23). The fourth-order valence-electron chi connectivity index (χ4n) is 2.86. The lowest BCUT2D eigenvalue weighted by Crippen LogP contribution is -2.49. The molecule has 26 heavy (non-hydrogen) atoms. The molecule has 0 radical (unpaired) electrons. The number of rotatable bonds is 7. The smallest absolute Gasteiger partial charge is 0.225 e. The SMILES string of the molecule is CCNC(=NCc1ccco1)NCCN1CCN(c2ncccn2)CC1. The highest BCUT2D eigenvalue weighted by Crippen LogP contribution is 2.09. The average Bonchev–Trinajstić information content (AvgIpc) is 3.21. The molecule has 0 bridgehead atoms. The first-order valence-corrected chi connectivity index (χ1v) is 9.14. The van der Waals surface area contributed by atoms with E-state index in [2.05, 4.69) is 42.3 Å². The van der Waals surface area contributed by atoms with E-state index in [-0.39, 0.29) is 0 Å². The third-order valence-corrected chi connectivity index (χ3v) is 4.25. The van der Waals surface area contributed by atoms with Crippen molar-refractivity contribution in [2.45, 2.75) is 13.5 Å². The van der Waals surface area contributed by atoms with E-state index in [1.807, 2.05) is 18.2 Å². The number of aliphatic imine (C=N–C) groups is 1. The van der Waals surface area contributed by atoms with Gasteiger partial charge in [0.1, 0.15) is 12.3 Å². The largest absolute Gasteiger partial charge is 0.467 e. The summed E-state index contributed by atoms with van der Waals surface area (Å²) < 4.78 is 5.32. The summed E-state index contributed by atoms with van der Waals surface area (Å²) in [6, 6.07) is 5.66. The molecule has 2 aromatic rings. The van der Waals surface area contributed by atoms with Crippen LogP contribution in [0.15, 0.2) is 46.3 Å². The maximum atomic E-state index is 5.32. The number of nitrogens with zero attached hydrogens (tertiary/aromatic N) is 5. The van der Waals surface area contributed by atoms with Crippen LogP contribution in [0.25, 0.3) is 0 Å². The first-order chi connectivity index (χ1) is 12.8. The Kier molecular flexibility index (Phi) is 6.83. The highest BCUT2D eigenvalue weighted by molar-refractivity contribution is 5.79. The Bertz CT molecular complexity index is 651. The third-order valence-electron chi connectivity index (χ3n) is 4.25. The van der Waals surface area contributed by atoms with Gasteiger partial charge in [-0.2, -0.15) is 0 Å². The van der Waals surface area contributed by atoms with Crippen LogP contribution in [-0.2, 0) is 6.54 Å². The predicted octanol–water partition coefficient (Wildman–Crippen LogP) is 0.947. The van der Waals surface area contributed by atoms with E-state index >= 15 is 0 Å². The van der Waals surface area contributed by atoms with E-state index in [4.69, 9.17) is 4.42 Å². The van der Waals surface area contributed by atoms with Gasteiger partial charge in [0.15, 0.2) is 5.96 Å². The lowest BCUT2D eigenvalue weighted by Gasteiger charge is -2.34. The molecule has 0 amide bonds. The second-order valence-electron chi connectivity index (χ2n) is 6.08. The van der Waals surface area contributed by atoms with Crippen molar-refractivity contribution in [1.29, 1.82) is 0 Å². The van der Waals surface area contributed by atoms with Crippen molar-refractivity contribution < 1.29 is 4.42 Å². The van der Waals surface area contributed by atoms with E-state index in [0.29, 0.717) is 6.54 Å². The number of furan rings is 1. The summed E-state index contributed by atoms with van der Waals surface area (Å²) in [5, 5.41) is 6.66. The molecule has 0 aliphatic carbocycles. The molecule has 1 saturated heterocycles. The molecule has 0 aromatic carbocycles. The summed E-state index contributed by atoms with van der Waals surface area (Å²) in [5.74, 6) is 2.51. The Hall–Kier alpha value is -2.61. The summed E-state index contributed by atoms with van der Waals surface area (Å²) in [6.07, 6.45) is 5.26. The Labute approximate surface area is 154 Å². The van der Waals surface area contributed by atoms with Crippen molar-refractivity contribution in [2.24, 2.45) is 4.99 Å². The van der Waals surface area contributed by atoms with Crippen molar-refractivity contribution in [1.82, 2.24) is 25.5 Å². The Balaban J connectivity index is 1.39. The molecular formula is C18H27N7O. The number of guanidine groups is 1. The molecule has 1 aliphatic rings. The Morgan fingerprint density at radius 1 is 1.15 bits per heavy atom. The number of aromatic nitrogens is 2. The van der Waals surface area contributed by atoms with Crippen molar-refractivity contribution in [3.05, 3.63) is 42.6 Å². The van der Waals surface area contributed by atoms with Crippen LogP contribution in [0.1, 0.15) is 12.7 Å². The Morgan fingerprint density at radius 3 is 2.65 bits per heavy atom. The van der Waals surface area contributed by atoms with Crippen molar-refractivity contribution in [3.63, 3.8) is 0 Å². The molecule has 0 spiro atoms. The van der Waals surface area contributed by atoms with E-state index in [1.54, 1.807) is 18.7 Å². The first kappa shape index (κ1) is 18.2. The molecule has 0 atom stereocenters. The van der Waals surface area contributed by atoms with Gasteiger partial charge in [0.25, 0.3) is 0 Å². The average molecular weight is 357 g/mol. The van der Waals surface area contributed by atoms with Gasteiger partial charge in [-0.25, -0.2) is 15.0 Å². The third kappa shape index (κ3) is 5.45. The van der Waals surface area contributed by atoms with Gasteiger partial charge in [-0.15, -0.1) is 0 Å². The van der Waals surface area contributed by atoms with Gasteiger partial charge in [0, 0.05) is 58.2 Å². The number of hydrogen-bond donors (Lipinski definition) is 2. The van der Waals surface area contributed by atoms with Crippen LogP contribution >= 0.6 is 0 Å². The molecule has 140 valence electrons. The molecule has 3 heterocycles. The van der Waals surface area contributed by atoms with Crippen LogP contribution in [0.5, 0.6) is 0 Å². The molecule has 8 heteroatoms. The van der Waals surface area contributed by atoms with Crippen LogP contribution < -0.4 is 15.5 Å². The minimum atomic E-state index is 0.540. The van der Waals surface area contributed by atoms with E-state index in [9.17, 15) is 0 Å². The quantitative estimate of drug-likeness (QED) is 0.564. The van der Waals surface area contributed by atoms with Crippen molar-refractivity contribution in [3.8, 4) is 0 Å². The Morgan fingerprint density at radius 2 is 1.96 bits per heavy atom. The van der Waals surface area contributed by atoms with Crippen LogP contribution in [0, 0.1) is 0 Å². The molecule has 0 unspecified atom stereocenters. The predicted molar refractivity (Wildman–Crippen MR) is 102 cm³/mol. The number of hydrogen-bond acceptors (Lipinski definition) is 6. The molecule has 3 rings (SSSR count). The fraction of sp³-hybridized carbons (Fsp3) is 0.500. The molecular weight excluding hydrogens is 330 g/mol. The number of anilines is 1. The van der Waals surface area contributed by atoms with E-state index in [1.165, 1.54) is 0 Å². The maximum absolute atomic E-state index is 5.32. The minimum Gasteiger partial charge on any atom is -0.467 e. The number of piperazine rings is 1. The van der Waals surface area contributed by atoms with Crippen LogP contribution in [-0.4, -0.2) is 66.6 Å². The monoisotopic (exact) mass is 357 g/mol. The zero-order valence-electron chi connectivity index (χ0n) is 15.3. The van der Waals surface area contributed by atoms with Crippen molar-refractivity contribution in [2.75, 3.05) is 50.7 Å². The minimum absolute atomic E-state index is 0.540. The molecule has 1 fully saturated rings. The second kappa shape index (κ2) is 9.76. The van der Waals surface area contributed by atoms with E-state index in [0.717, 1.165) is 63.5 Å². The van der Waals surface area contributed by atoms with Gasteiger partial charge in [-0.1, -0.05) is 0 Å². The lowest BCUT2D eigenvalue weighted by atomic mass is 10.3. The van der Waals surface area contributed by atoms with Crippen LogP contribution in [0.4, 0.5) is 5.95 Å². The van der Waals surface area contributed by atoms with Gasteiger partial charge < -0.3 is 20.0 Å². The first-order valence-electron chi connectivity index (χ1n) is 9.14. The number of nitrogens with one attached hydrogen (secondary N) is 2. The maximum Gasteiger partial charge on any atom is 0.225 e. The van der Waals surface area contributed by atoms with Crippen molar-refractivity contribution >= 4 is 11.9 Å². The van der Waals surface area contributed by atoms with Crippen LogP contribution in [0.2, 0.25) is 0 Å². The molecule has 8 nitrogen and oxygen atoms in total. The molecule has 2 N–H and O–H groups in total. The topological polar surface area (TPSA) is 81.8 Å². The summed E-state index contributed by atoms with van der Waals surface area (Å²) in [5.41, 5.74) is 0. The zero-order chi connectivity index (χ0) is 18.0. The molecule has 0 saturated carbocycles. The van der Waals surface area contributed by atoms with Gasteiger partial charge in [-0.3, -0.25) is 4.90 Å². The normalized spacial score (nSPS) is 15.9. The second-order valence-corrected chi connectivity index (χ2v) is 6.08.